The molecule has 4 nitrogen and oxygen atoms in total. The third-order valence-corrected chi connectivity index (χ3v) is 3.56. The van der Waals surface area contributed by atoms with Crippen LogP contribution in [0.1, 0.15) is 31.9 Å². The van der Waals surface area contributed by atoms with Crippen LogP contribution in [0.3, 0.4) is 0 Å². The van der Waals surface area contributed by atoms with Crippen LogP contribution < -0.4 is 10.5 Å². The van der Waals surface area contributed by atoms with Gasteiger partial charge in [-0.2, -0.15) is 0 Å². The molecule has 1 atom stereocenters. The van der Waals surface area contributed by atoms with Gasteiger partial charge in [-0.25, -0.2) is 0 Å². The van der Waals surface area contributed by atoms with Crippen molar-refractivity contribution >= 4 is 0 Å². The molecule has 1 aromatic carbocycles. The van der Waals surface area contributed by atoms with Gasteiger partial charge >= 0.3 is 0 Å². The van der Waals surface area contributed by atoms with Crippen molar-refractivity contribution in [1.29, 1.82) is 0 Å². The second kappa shape index (κ2) is 7.62. The van der Waals surface area contributed by atoms with Crippen molar-refractivity contribution in [2.45, 2.75) is 32.4 Å². The lowest BCUT2D eigenvalue weighted by Crippen LogP contribution is -2.35. The van der Waals surface area contributed by atoms with Crippen molar-refractivity contribution in [3.05, 3.63) is 29.8 Å². The first-order valence-corrected chi connectivity index (χ1v) is 7.49. The Morgan fingerprint density at radius 1 is 1.20 bits per heavy atom. The maximum absolute atomic E-state index is 5.99. The SMILES string of the molecule is CC(C)Oc1ccc(C(CN)N2CCCOCC2)cc1. The van der Waals surface area contributed by atoms with Gasteiger partial charge < -0.3 is 15.2 Å². The summed E-state index contributed by atoms with van der Waals surface area (Å²) in [7, 11) is 0. The van der Waals surface area contributed by atoms with E-state index in [1.165, 1.54) is 5.56 Å². The molecule has 20 heavy (non-hydrogen) atoms. The van der Waals surface area contributed by atoms with E-state index in [4.69, 9.17) is 15.2 Å². The molecule has 2 N–H and O–H groups in total. The van der Waals surface area contributed by atoms with E-state index in [1.807, 2.05) is 26.0 Å². The molecule has 1 aliphatic rings. The third kappa shape index (κ3) is 4.20. The van der Waals surface area contributed by atoms with E-state index in [9.17, 15) is 0 Å². The summed E-state index contributed by atoms with van der Waals surface area (Å²) in [4.78, 5) is 2.42. The van der Waals surface area contributed by atoms with E-state index >= 15 is 0 Å². The van der Waals surface area contributed by atoms with Crippen LogP contribution in [0.4, 0.5) is 0 Å². The van der Waals surface area contributed by atoms with Gasteiger partial charge in [0.05, 0.1) is 12.7 Å². The molecule has 0 bridgehead atoms. The van der Waals surface area contributed by atoms with Crippen molar-refractivity contribution < 1.29 is 9.47 Å². The van der Waals surface area contributed by atoms with Crippen molar-refractivity contribution in [2.75, 3.05) is 32.8 Å². The van der Waals surface area contributed by atoms with Crippen molar-refractivity contribution in [1.82, 2.24) is 4.90 Å². The maximum atomic E-state index is 5.99. The molecule has 112 valence electrons. The molecule has 0 aliphatic carbocycles. The number of rotatable bonds is 5. The normalized spacial score (nSPS) is 18.8. The number of benzene rings is 1. The van der Waals surface area contributed by atoms with Gasteiger partial charge in [0.1, 0.15) is 5.75 Å². The molecule has 0 spiro atoms. The lowest BCUT2D eigenvalue weighted by atomic mass is 10.0. The molecular formula is C16H26N2O2. The highest BCUT2D eigenvalue weighted by molar-refractivity contribution is 5.29. The Balaban J connectivity index is 2.06. The Morgan fingerprint density at radius 2 is 1.95 bits per heavy atom. The van der Waals surface area contributed by atoms with Crippen molar-refractivity contribution in [3.8, 4) is 5.75 Å². The second-order valence-electron chi connectivity index (χ2n) is 5.49. The number of nitrogens with two attached hydrogens (primary N) is 1. The number of hydrogen-bond acceptors (Lipinski definition) is 4. The van der Waals surface area contributed by atoms with Crippen LogP contribution in [0, 0.1) is 0 Å². The van der Waals surface area contributed by atoms with Crippen LogP contribution >= 0.6 is 0 Å². The Bertz CT molecular complexity index is 384. The highest BCUT2D eigenvalue weighted by Gasteiger charge is 2.20. The van der Waals surface area contributed by atoms with Crippen LogP contribution in [0.25, 0.3) is 0 Å². The molecule has 1 heterocycles. The summed E-state index contributed by atoms with van der Waals surface area (Å²) in [5.74, 6) is 0.915. The average molecular weight is 278 g/mol. The zero-order valence-corrected chi connectivity index (χ0v) is 12.5. The van der Waals surface area contributed by atoms with Gasteiger partial charge in [-0.1, -0.05) is 12.1 Å². The summed E-state index contributed by atoms with van der Waals surface area (Å²) >= 11 is 0. The summed E-state index contributed by atoms with van der Waals surface area (Å²) in [6.45, 7) is 8.35. The van der Waals surface area contributed by atoms with Gasteiger partial charge in [-0.3, -0.25) is 4.90 Å². The first kappa shape index (κ1) is 15.3. The minimum absolute atomic E-state index is 0.203. The van der Waals surface area contributed by atoms with E-state index in [0.717, 1.165) is 38.5 Å². The zero-order valence-electron chi connectivity index (χ0n) is 12.5. The summed E-state index contributed by atoms with van der Waals surface area (Å²) in [6.07, 6.45) is 1.28. The Hall–Kier alpha value is -1.10. The van der Waals surface area contributed by atoms with Gasteiger partial charge in [0.15, 0.2) is 0 Å². The molecular weight excluding hydrogens is 252 g/mol. The summed E-state index contributed by atoms with van der Waals surface area (Å²) in [6, 6.07) is 8.59. The highest BCUT2D eigenvalue weighted by Crippen LogP contribution is 2.23. The number of nitrogens with zero attached hydrogens (tertiary/aromatic N) is 1. The fourth-order valence-corrected chi connectivity index (χ4v) is 2.61. The fourth-order valence-electron chi connectivity index (χ4n) is 2.61. The number of hydrogen-bond donors (Lipinski definition) is 1. The van der Waals surface area contributed by atoms with Crippen LogP contribution in [-0.4, -0.2) is 43.9 Å². The van der Waals surface area contributed by atoms with E-state index in [-0.39, 0.29) is 12.1 Å². The van der Waals surface area contributed by atoms with E-state index in [2.05, 4.69) is 17.0 Å². The summed E-state index contributed by atoms with van der Waals surface area (Å²) in [5.41, 5.74) is 7.25. The lowest BCUT2D eigenvalue weighted by molar-refractivity contribution is 0.132. The minimum Gasteiger partial charge on any atom is -0.491 e. The topological polar surface area (TPSA) is 47.7 Å². The van der Waals surface area contributed by atoms with Crippen molar-refractivity contribution in [3.63, 3.8) is 0 Å². The summed E-state index contributed by atoms with van der Waals surface area (Å²) < 4.78 is 11.2. The Morgan fingerprint density at radius 3 is 2.60 bits per heavy atom. The second-order valence-corrected chi connectivity index (χ2v) is 5.49. The molecule has 1 aliphatic heterocycles. The molecule has 4 heteroatoms. The Labute approximate surface area is 121 Å². The average Bonchev–Trinajstić information content (AvgIpc) is 2.70. The van der Waals surface area contributed by atoms with Crippen LogP contribution in [-0.2, 0) is 4.74 Å². The van der Waals surface area contributed by atoms with Gasteiger partial charge in [0, 0.05) is 32.3 Å². The zero-order chi connectivity index (χ0) is 14.4. The predicted octanol–water partition coefficient (Wildman–Crippen LogP) is 2.20. The first-order chi connectivity index (χ1) is 9.70. The number of ether oxygens (including phenoxy) is 2. The van der Waals surface area contributed by atoms with Crippen LogP contribution in [0.2, 0.25) is 0 Å². The minimum atomic E-state index is 0.203. The standard InChI is InChI=1S/C16H26N2O2/c1-13(2)20-15-6-4-14(5-7-15)16(12-17)18-8-3-10-19-11-9-18/h4-7,13,16H,3,8-12,17H2,1-2H3. The van der Waals surface area contributed by atoms with E-state index < -0.39 is 0 Å². The smallest absolute Gasteiger partial charge is 0.119 e. The van der Waals surface area contributed by atoms with Gasteiger partial charge in [-0.15, -0.1) is 0 Å². The first-order valence-electron chi connectivity index (χ1n) is 7.49. The van der Waals surface area contributed by atoms with E-state index in [1.54, 1.807) is 0 Å². The van der Waals surface area contributed by atoms with Gasteiger partial charge in [-0.05, 0) is 38.0 Å². The predicted molar refractivity (Wildman–Crippen MR) is 81.0 cm³/mol. The molecule has 1 unspecified atom stereocenters. The lowest BCUT2D eigenvalue weighted by Gasteiger charge is -2.29. The quantitative estimate of drug-likeness (QED) is 0.897. The van der Waals surface area contributed by atoms with Crippen molar-refractivity contribution in [2.24, 2.45) is 5.73 Å². The third-order valence-electron chi connectivity index (χ3n) is 3.56. The maximum Gasteiger partial charge on any atom is 0.119 e. The molecule has 0 amide bonds. The summed E-state index contributed by atoms with van der Waals surface area (Å²) in [5, 5.41) is 0. The highest BCUT2D eigenvalue weighted by atomic mass is 16.5. The molecule has 1 aromatic rings. The molecule has 0 saturated carbocycles. The monoisotopic (exact) mass is 278 g/mol. The van der Waals surface area contributed by atoms with Crippen LogP contribution in [0.15, 0.2) is 24.3 Å². The fraction of sp³-hybridized carbons (Fsp3) is 0.625. The molecule has 1 saturated heterocycles. The molecule has 2 rings (SSSR count). The van der Waals surface area contributed by atoms with Gasteiger partial charge in [0.25, 0.3) is 0 Å². The van der Waals surface area contributed by atoms with Gasteiger partial charge in [0.2, 0.25) is 0 Å². The largest absolute Gasteiger partial charge is 0.491 e. The van der Waals surface area contributed by atoms with E-state index in [0.29, 0.717) is 6.54 Å². The van der Waals surface area contributed by atoms with Crippen LogP contribution in [0.5, 0.6) is 5.75 Å². The molecule has 1 fully saturated rings. The molecule has 0 aromatic heterocycles. The molecule has 0 radical (unpaired) electrons. The Kier molecular flexibility index (Phi) is 5.83.